The summed E-state index contributed by atoms with van der Waals surface area (Å²) >= 11 is 0. The second kappa shape index (κ2) is 40.6. The van der Waals surface area contributed by atoms with Crippen molar-refractivity contribution >= 4 is 11.1 Å². The maximum absolute atomic E-state index is 4.10. The highest BCUT2D eigenvalue weighted by molar-refractivity contribution is 5.76. The fourth-order valence-corrected chi connectivity index (χ4v) is 8.10. The third kappa shape index (κ3) is 26.6. The van der Waals surface area contributed by atoms with Crippen LogP contribution in [0.5, 0.6) is 0 Å². The third-order valence-electron chi connectivity index (χ3n) is 12.8. The lowest BCUT2D eigenvalue weighted by atomic mass is 9.94. The second-order valence-corrected chi connectivity index (χ2v) is 20.0. The van der Waals surface area contributed by atoms with Gasteiger partial charge in [-0.1, -0.05) is 333 Å². The lowest BCUT2D eigenvalue weighted by Gasteiger charge is -2.11. The molecule has 0 aliphatic rings. The smallest absolute Gasteiger partial charge is 0.0131 e. The van der Waals surface area contributed by atoms with E-state index in [4.69, 9.17) is 0 Å². The van der Waals surface area contributed by atoms with Crippen molar-refractivity contribution in [2.24, 2.45) is 0 Å². The molecular weight excluding hydrogens is 949 g/mol. The standard InChI is InChI=1S/C16H18.C15H18.C14H14.C14H18.C13H12.C4H10.C3H8/c1-3-8-14-10-5-7-12-16(14)15-11-6-4-9-13(15)2;1-5-6-7-9-12(2)15-13(3)10-8-11-14(15)4;1-11-3-7-13(8-4-11)14-9-5-12(2)6-10-14;1-4-6-7-13(5-2)14-10-8-12(3)9-11-14;1-11-7-9-13(10-8-11)12-5-3-2-4-6-12;1-3-4-2;1-3-2/h4-7,9-12H,3,8H2,1-2H3;5-11H,2H2,1,3-4H3;3-10H,1-2H3;4,6-11H,5H2,1-3H3;2-10H,1H3;3-4H2,1-2H3;3H2,1-2H3/b;6-5-,9-7-;;6-4-,13-7+;;;. The zero-order valence-electron chi connectivity index (χ0n) is 51.5. The largest absolute Gasteiger partial charge is 0.0911 e. The molecule has 0 nitrogen and oxygen atoms in total. The Morgan fingerprint density at radius 1 is 0.380 bits per heavy atom. The minimum atomic E-state index is 1.07. The maximum Gasteiger partial charge on any atom is -0.0131 e. The van der Waals surface area contributed by atoms with E-state index >= 15 is 0 Å². The van der Waals surface area contributed by atoms with Gasteiger partial charge in [0.1, 0.15) is 0 Å². The van der Waals surface area contributed by atoms with Crippen molar-refractivity contribution in [2.45, 2.75) is 142 Å². The number of rotatable bonds is 12. The first kappa shape index (κ1) is 67.6. The molecule has 8 aromatic rings. The molecule has 79 heavy (non-hydrogen) atoms. The van der Waals surface area contributed by atoms with Gasteiger partial charge in [-0.3, -0.25) is 0 Å². The quantitative estimate of drug-likeness (QED) is 0.107. The molecule has 0 aliphatic carbocycles. The van der Waals surface area contributed by atoms with E-state index in [1.807, 2.05) is 38.1 Å². The summed E-state index contributed by atoms with van der Waals surface area (Å²) < 4.78 is 0. The highest BCUT2D eigenvalue weighted by atomic mass is 14.1. The first-order valence-corrected chi connectivity index (χ1v) is 29.0. The van der Waals surface area contributed by atoms with Crippen LogP contribution in [-0.4, -0.2) is 0 Å². The van der Waals surface area contributed by atoms with Gasteiger partial charge >= 0.3 is 0 Å². The van der Waals surface area contributed by atoms with Crippen molar-refractivity contribution in [1.29, 1.82) is 0 Å². The van der Waals surface area contributed by atoms with Gasteiger partial charge in [0, 0.05) is 0 Å². The number of aryl methyl sites for hydroxylation is 8. The van der Waals surface area contributed by atoms with Crippen molar-refractivity contribution in [3.8, 4) is 33.4 Å². The van der Waals surface area contributed by atoms with Crippen molar-refractivity contribution < 1.29 is 0 Å². The van der Waals surface area contributed by atoms with Gasteiger partial charge in [0.05, 0.1) is 0 Å². The molecule has 0 spiro atoms. The van der Waals surface area contributed by atoms with Crippen molar-refractivity contribution in [3.05, 3.63) is 299 Å². The topological polar surface area (TPSA) is 0 Å². The molecule has 0 aliphatic heterocycles. The summed E-state index contributed by atoms with van der Waals surface area (Å²) in [6.07, 6.45) is 21.8. The van der Waals surface area contributed by atoms with Crippen LogP contribution >= 0.6 is 0 Å². The fourth-order valence-electron chi connectivity index (χ4n) is 8.10. The first-order valence-electron chi connectivity index (χ1n) is 29.0. The molecule has 0 fully saturated rings. The van der Waals surface area contributed by atoms with Crippen LogP contribution in [-0.2, 0) is 6.42 Å². The Hall–Kier alpha value is -7.54. The van der Waals surface area contributed by atoms with Gasteiger partial charge in [0.15, 0.2) is 0 Å². The first-order chi connectivity index (χ1) is 38.2. The number of unbranched alkanes of at least 4 members (excludes halogenated alkanes) is 1. The third-order valence-corrected chi connectivity index (χ3v) is 12.8. The summed E-state index contributed by atoms with van der Waals surface area (Å²) in [6.45, 7) is 36.0. The lowest BCUT2D eigenvalue weighted by molar-refractivity contribution is 0.886. The van der Waals surface area contributed by atoms with E-state index in [0.717, 1.165) is 18.4 Å². The predicted molar refractivity (Wildman–Crippen MR) is 358 cm³/mol. The molecule has 0 radical (unpaired) electrons. The Balaban J connectivity index is 0.000000328. The van der Waals surface area contributed by atoms with Gasteiger partial charge in [-0.25, -0.2) is 0 Å². The Kier molecular flexibility index (Phi) is 34.8. The van der Waals surface area contributed by atoms with Crippen LogP contribution in [0.1, 0.15) is 143 Å². The summed E-state index contributed by atoms with van der Waals surface area (Å²) in [5, 5.41) is 0. The van der Waals surface area contributed by atoms with Gasteiger partial charge in [-0.15, -0.1) is 0 Å². The van der Waals surface area contributed by atoms with E-state index in [9.17, 15) is 0 Å². The Bertz CT molecular complexity index is 2920. The van der Waals surface area contributed by atoms with E-state index in [1.165, 1.54) is 120 Å². The van der Waals surface area contributed by atoms with Crippen LogP contribution in [0.25, 0.3) is 44.5 Å². The fraction of sp³-hybridized carbons (Fsp3) is 0.266. The molecule has 0 unspecified atom stereocenters. The molecule has 0 saturated carbocycles. The monoisotopic (exact) mass is 1050 g/mol. The van der Waals surface area contributed by atoms with Crippen LogP contribution in [0.15, 0.2) is 243 Å². The molecular formula is C79H98. The van der Waals surface area contributed by atoms with Gasteiger partial charge in [-0.2, -0.15) is 0 Å². The summed E-state index contributed by atoms with van der Waals surface area (Å²) in [4.78, 5) is 0. The molecule has 0 heteroatoms. The summed E-state index contributed by atoms with van der Waals surface area (Å²) in [6, 6.07) is 68.6. The summed E-state index contributed by atoms with van der Waals surface area (Å²) in [7, 11) is 0. The van der Waals surface area contributed by atoms with E-state index in [-0.39, 0.29) is 0 Å². The lowest BCUT2D eigenvalue weighted by Crippen LogP contribution is -1.90. The summed E-state index contributed by atoms with van der Waals surface area (Å²) in [5.41, 5.74) is 23.6. The van der Waals surface area contributed by atoms with Crippen LogP contribution in [0, 0.1) is 48.5 Å². The molecule has 0 heterocycles. The number of hydrogen-bond acceptors (Lipinski definition) is 0. The van der Waals surface area contributed by atoms with E-state index in [2.05, 4.69) is 309 Å². The normalized spacial score (nSPS) is 10.5. The van der Waals surface area contributed by atoms with E-state index in [0.29, 0.717) is 0 Å². The van der Waals surface area contributed by atoms with Crippen molar-refractivity contribution in [1.82, 2.24) is 0 Å². The molecule has 8 rings (SSSR count). The van der Waals surface area contributed by atoms with Crippen LogP contribution in [0.3, 0.4) is 0 Å². The Labute approximate surface area is 483 Å². The molecule has 0 bridgehead atoms. The van der Waals surface area contributed by atoms with Crippen LogP contribution < -0.4 is 0 Å². The number of allylic oxidation sites excluding steroid dienone is 9. The molecule has 0 aromatic heterocycles. The molecule has 0 amide bonds. The predicted octanol–water partition coefficient (Wildman–Crippen LogP) is 24.3. The average Bonchev–Trinajstić information content (AvgIpc) is 3.46. The van der Waals surface area contributed by atoms with Gasteiger partial charge in [0.2, 0.25) is 0 Å². The minimum absolute atomic E-state index is 1.07. The van der Waals surface area contributed by atoms with Crippen LogP contribution in [0.2, 0.25) is 0 Å². The SMILES string of the molecule is C/C=C\C=C(/CC)c1ccc(C)cc1.C=C(/C=C\C=C/C)c1c(C)cccc1C.CCC.CCCC.CCCc1ccccc1-c1ccccc1C.Cc1ccc(-c2ccc(C)cc2)cc1.Cc1ccc(-c2ccccc2)cc1. The van der Waals surface area contributed by atoms with Crippen LogP contribution in [0.4, 0.5) is 0 Å². The number of benzene rings is 8. The molecule has 0 saturated heterocycles. The zero-order valence-corrected chi connectivity index (χ0v) is 51.5. The zero-order chi connectivity index (χ0) is 58.2. The van der Waals surface area contributed by atoms with Gasteiger partial charge in [-0.05, 0) is 153 Å². The van der Waals surface area contributed by atoms with Crippen molar-refractivity contribution in [2.75, 3.05) is 0 Å². The number of hydrogen-bond donors (Lipinski definition) is 0. The molecule has 0 atom stereocenters. The van der Waals surface area contributed by atoms with E-state index in [1.54, 1.807) is 0 Å². The van der Waals surface area contributed by atoms with Gasteiger partial charge < -0.3 is 0 Å². The van der Waals surface area contributed by atoms with E-state index < -0.39 is 0 Å². The Morgan fingerprint density at radius 2 is 0.772 bits per heavy atom. The van der Waals surface area contributed by atoms with Gasteiger partial charge in [0.25, 0.3) is 0 Å². The Morgan fingerprint density at radius 3 is 1.19 bits per heavy atom. The summed E-state index contributed by atoms with van der Waals surface area (Å²) in [5.74, 6) is 0. The average molecular weight is 1050 g/mol. The maximum atomic E-state index is 4.10. The minimum Gasteiger partial charge on any atom is -0.0911 e. The molecule has 8 aromatic carbocycles. The molecule has 0 N–H and O–H groups in total. The highest BCUT2D eigenvalue weighted by Gasteiger charge is 2.06. The highest BCUT2D eigenvalue weighted by Crippen LogP contribution is 2.28. The second-order valence-electron chi connectivity index (χ2n) is 20.0. The molecule has 414 valence electrons. The van der Waals surface area contributed by atoms with Crippen molar-refractivity contribution in [3.63, 3.8) is 0 Å².